The Bertz CT molecular complexity index is 724. The lowest BCUT2D eigenvalue weighted by atomic mass is 9.94. The molecule has 4 nitrogen and oxygen atoms in total. The molecule has 2 amide bonds. The third-order valence-electron chi connectivity index (χ3n) is 6.34. The Labute approximate surface area is 164 Å². The summed E-state index contributed by atoms with van der Waals surface area (Å²) in [6, 6.07) is 5.77. The van der Waals surface area contributed by atoms with Crippen LogP contribution in [-0.4, -0.2) is 35.8 Å². The van der Waals surface area contributed by atoms with Crippen LogP contribution in [0.25, 0.3) is 0 Å². The number of halogens is 2. The Morgan fingerprint density at radius 2 is 2.08 bits per heavy atom. The van der Waals surface area contributed by atoms with Crippen LogP contribution in [0.2, 0.25) is 10.0 Å². The zero-order chi connectivity index (χ0) is 18.3. The standard InChI is InChI=1S/C20H24Cl2N2O2/c21-16-4-3-13(17(22)10-16)5-6-23-20(26)15-9-19(25)24(11-15)18-8-12-1-2-14(18)7-12/h3-4,10,12,14-15,18H,1-2,5-9,11H2,(H,23,26). The van der Waals surface area contributed by atoms with E-state index in [1.54, 1.807) is 12.1 Å². The SMILES string of the molecule is O=C(NCCc1ccc(Cl)cc1Cl)C1CC(=O)N(C2CC3CCC2C3)C1. The van der Waals surface area contributed by atoms with Crippen LogP contribution in [0, 0.1) is 17.8 Å². The molecule has 26 heavy (non-hydrogen) atoms. The second-order valence-electron chi connectivity index (χ2n) is 7.97. The topological polar surface area (TPSA) is 49.4 Å². The minimum Gasteiger partial charge on any atom is -0.355 e. The van der Waals surface area contributed by atoms with E-state index >= 15 is 0 Å². The van der Waals surface area contributed by atoms with Crippen molar-refractivity contribution in [3.05, 3.63) is 33.8 Å². The van der Waals surface area contributed by atoms with Gasteiger partial charge in [-0.3, -0.25) is 9.59 Å². The second-order valence-corrected chi connectivity index (χ2v) is 8.81. The van der Waals surface area contributed by atoms with E-state index in [-0.39, 0.29) is 17.7 Å². The first-order chi connectivity index (χ1) is 12.5. The molecular formula is C20H24Cl2N2O2. The lowest BCUT2D eigenvalue weighted by molar-refractivity contribution is -0.131. The minimum atomic E-state index is -0.220. The quantitative estimate of drug-likeness (QED) is 0.827. The second kappa shape index (κ2) is 7.40. The van der Waals surface area contributed by atoms with Crippen LogP contribution < -0.4 is 5.32 Å². The number of benzene rings is 1. The van der Waals surface area contributed by atoms with Crippen molar-refractivity contribution in [1.29, 1.82) is 0 Å². The monoisotopic (exact) mass is 394 g/mol. The van der Waals surface area contributed by atoms with Gasteiger partial charge in [0.1, 0.15) is 0 Å². The van der Waals surface area contributed by atoms with Gasteiger partial charge in [-0.15, -0.1) is 0 Å². The maximum atomic E-state index is 12.5. The van der Waals surface area contributed by atoms with E-state index in [9.17, 15) is 9.59 Å². The highest BCUT2D eigenvalue weighted by molar-refractivity contribution is 6.35. The van der Waals surface area contributed by atoms with Gasteiger partial charge < -0.3 is 10.2 Å². The summed E-state index contributed by atoms with van der Waals surface area (Å²) in [5.41, 5.74) is 0.961. The fraction of sp³-hybridized carbons (Fsp3) is 0.600. The molecule has 140 valence electrons. The summed E-state index contributed by atoms with van der Waals surface area (Å²) in [5, 5.41) is 4.19. The van der Waals surface area contributed by atoms with Gasteiger partial charge in [0.25, 0.3) is 0 Å². The molecule has 0 aromatic heterocycles. The van der Waals surface area contributed by atoms with E-state index in [0.717, 1.165) is 17.9 Å². The van der Waals surface area contributed by atoms with Crippen molar-refractivity contribution in [2.45, 2.75) is 44.6 Å². The van der Waals surface area contributed by atoms with Gasteiger partial charge in [0.15, 0.2) is 0 Å². The fourth-order valence-corrected chi connectivity index (χ4v) is 5.51. The van der Waals surface area contributed by atoms with Gasteiger partial charge in [0.05, 0.1) is 5.92 Å². The molecule has 6 heteroatoms. The molecule has 1 aromatic carbocycles. The highest BCUT2D eigenvalue weighted by Crippen LogP contribution is 2.47. The molecule has 1 aliphatic heterocycles. The van der Waals surface area contributed by atoms with Crippen LogP contribution in [0.15, 0.2) is 18.2 Å². The smallest absolute Gasteiger partial charge is 0.225 e. The minimum absolute atomic E-state index is 0.0194. The molecule has 2 saturated carbocycles. The van der Waals surface area contributed by atoms with E-state index in [2.05, 4.69) is 5.32 Å². The number of likely N-dealkylation sites (tertiary alicyclic amines) is 1. The Morgan fingerprint density at radius 1 is 1.23 bits per heavy atom. The largest absolute Gasteiger partial charge is 0.355 e. The van der Waals surface area contributed by atoms with Crippen molar-refractivity contribution in [3.63, 3.8) is 0 Å². The summed E-state index contributed by atoms with van der Waals surface area (Å²) in [7, 11) is 0. The number of amides is 2. The number of nitrogens with zero attached hydrogens (tertiary/aromatic N) is 1. The van der Waals surface area contributed by atoms with E-state index in [4.69, 9.17) is 23.2 Å². The molecule has 4 unspecified atom stereocenters. The third-order valence-corrected chi connectivity index (χ3v) is 6.93. The number of carbonyl (C=O) groups excluding carboxylic acids is 2. The van der Waals surface area contributed by atoms with E-state index in [1.165, 1.54) is 19.3 Å². The summed E-state index contributed by atoms with van der Waals surface area (Å²) < 4.78 is 0. The lowest BCUT2D eigenvalue weighted by Gasteiger charge is -2.31. The Balaban J connectivity index is 1.28. The van der Waals surface area contributed by atoms with Crippen LogP contribution in [0.1, 0.15) is 37.7 Å². The predicted molar refractivity (Wildman–Crippen MR) is 102 cm³/mol. The molecule has 3 aliphatic rings. The van der Waals surface area contributed by atoms with Crippen molar-refractivity contribution in [3.8, 4) is 0 Å². The highest BCUT2D eigenvalue weighted by Gasteiger charge is 2.47. The average Bonchev–Trinajstić information content (AvgIpc) is 3.31. The van der Waals surface area contributed by atoms with Gasteiger partial charge in [-0.25, -0.2) is 0 Å². The number of carbonyl (C=O) groups is 2. The Morgan fingerprint density at radius 3 is 2.77 bits per heavy atom. The van der Waals surface area contributed by atoms with Crippen LogP contribution >= 0.6 is 23.2 Å². The first kappa shape index (κ1) is 18.1. The van der Waals surface area contributed by atoms with Gasteiger partial charge >= 0.3 is 0 Å². The van der Waals surface area contributed by atoms with E-state index < -0.39 is 0 Å². The lowest BCUT2D eigenvalue weighted by Crippen LogP contribution is -2.41. The van der Waals surface area contributed by atoms with Gasteiger partial charge in [0, 0.05) is 35.6 Å². The van der Waals surface area contributed by atoms with Gasteiger partial charge in [-0.1, -0.05) is 35.7 Å². The number of rotatable bonds is 5. The molecule has 3 fully saturated rings. The van der Waals surface area contributed by atoms with Crippen molar-refractivity contribution in [1.82, 2.24) is 10.2 Å². The first-order valence-electron chi connectivity index (χ1n) is 9.52. The number of nitrogens with one attached hydrogen (secondary N) is 1. The number of fused-ring (bicyclic) bond motifs is 2. The maximum Gasteiger partial charge on any atom is 0.225 e. The molecule has 1 heterocycles. The van der Waals surface area contributed by atoms with Crippen LogP contribution in [-0.2, 0) is 16.0 Å². The van der Waals surface area contributed by atoms with Crippen LogP contribution in [0.4, 0.5) is 0 Å². The molecule has 2 aliphatic carbocycles. The fourth-order valence-electron chi connectivity index (χ4n) is 5.01. The molecule has 2 bridgehead atoms. The molecule has 1 aromatic rings. The molecule has 0 radical (unpaired) electrons. The van der Waals surface area contributed by atoms with Gasteiger partial charge in [-0.05, 0) is 55.2 Å². The Hall–Kier alpha value is -1.26. The van der Waals surface area contributed by atoms with Gasteiger partial charge in [-0.2, -0.15) is 0 Å². The summed E-state index contributed by atoms with van der Waals surface area (Å²) in [6.45, 7) is 1.10. The van der Waals surface area contributed by atoms with Crippen LogP contribution in [0.3, 0.4) is 0 Å². The zero-order valence-electron chi connectivity index (χ0n) is 14.7. The molecule has 0 spiro atoms. The predicted octanol–water partition coefficient (Wildman–Crippen LogP) is 3.69. The summed E-state index contributed by atoms with van der Waals surface area (Å²) >= 11 is 12.1. The van der Waals surface area contributed by atoms with Crippen molar-refractivity contribution < 1.29 is 9.59 Å². The third kappa shape index (κ3) is 3.59. The van der Waals surface area contributed by atoms with Crippen molar-refractivity contribution in [2.75, 3.05) is 13.1 Å². The summed E-state index contributed by atoms with van der Waals surface area (Å²) in [6.07, 6.45) is 5.98. The normalized spacial score (nSPS) is 30.2. The number of hydrogen-bond donors (Lipinski definition) is 1. The average molecular weight is 395 g/mol. The highest BCUT2D eigenvalue weighted by atomic mass is 35.5. The molecule has 4 atom stereocenters. The van der Waals surface area contributed by atoms with E-state index in [0.29, 0.717) is 47.9 Å². The van der Waals surface area contributed by atoms with Crippen LogP contribution in [0.5, 0.6) is 0 Å². The van der Waals surface area contributed by atoms with Gasteiger partial charge in [0.2, 0.25) is 11.8 Å². The molecular weight excluding hydrogens is 371 g/mol. The molecule has 1 saturated heterocycles. The zero-order valence-corrected chi connectivity index (χ0v) is 16.2. The first-order valence-corrected chi connectivity index (χ1v) is 10.3. The maximum absolute atomic E-state index is 12.5. The summed E-state index contributed by atoms with van der Waals surface area (Å²) in [4.78, 5) is 26.9. The van der Waals surface area contributed by atoms with E-state index in [1.807, 2.05) is 11.0 Å². The Kier molecular flexibility index (Phi) is 5.15. The van der Waals surface area contributed by atoms with Crippen molar-refractivity contribution >= 4 is 35.0 Å². The number of hydrogen-bond acceptors (Lipinski definition) is 2. The molecule has 1 N–H and O–H groups in total. The summed E-state index contributed by atoms with van der Waals surface area (Å²) in [5.74, 6) is 1.38. The van der Waals surface area contributed by atoms with Crippen molar-refractivity contribution in [2.24, 2.45) is 17.8 Å². The molecule has 4 rings (SSSR count).